The van der Waals surface area contributed by atoms with E-state index in [-0.39, 0.29) is 0 Å². The van der Waals surface area contributed by atoms with Crippen LogP contribution in [0.15, 0.2) is 12.5 Å². The van der Waals surface area contributed by atoms with Gasteiger partial charge in [0.2, 0.25) is 0 Å². The second kappa shape index (κ2) is 5.07. The smallest absolute Gasteiger partial charge is 0.143 e. The largest absolute Gasteiger partial charge is 0.381 e. The SMILES string of the molecule is COC1CCC(Nc2ncncc2I)C1. The maximum absolute atomic E-state index is 5.33. The summed E-state index contributed by atoms with van der Waals surface area (Å²) in [6.07, 6.45) is 7.15. The van der Waals surface area contributed by atoms with Gasteiger partial charge >= 0.3 is 0 Å². The molecule has 1 aromatic rings. The topological polar surface area (TPSA) is 47.0 Å². The first-order valence-corrected chi connectivity index (χ1v) is 6.12. The van der Waals surface area contributed by atoms with Gasteiger partial charge in [0, 0.05) is 19.3 Å². The molecule has 0 aromatic carbocycles. The molecular formula is C10H14IN3O. The second-order valence-corrected chi connectivity index (χ2v) is 4.89. The molecule has 0 bridgehead atoms. The number of methoxy groups -OCH3 is 1. The first-order valence-electron chi connectivity index (χ1n) is 5.04. The predicted molar refractivity (Wildman–Crippen MR) is 66.8 cm³/mol. The number of halogens is 1. The molecule has 4 nitrogen and oxygen atoms in total. The summed E-state index contributed by atoms with van der Waals surface area (Å²) in [7, 11) is 1.78. The molecule has 1 fully saturated rings. The maximum atomic E-state index is 5.33. The molecule has 0 spiro atoms. The number of anilines is 1. The van der Waals surface area contributed by atoms with Gasteiger partial charge in [-0.25, -0.2) is 9.97 Å². The van der Waals surface area contributed by atoms with E-state index in [1.807, 2.05) is 6.20 Å². The number of hydrogen-bond acceptors (Lipinski definition) is 4. The second-order valence-electron chi connectivity index (χ2n) is 3.73. The highest BCUT2D eigenvalue weighted by molar-refractivity contribution is 14.1. The Morgan fingerprint density at radius 1 is 1.53 bits per heavy atom. The Kier molecular flexibility index (Phi) is 3.74. The Bertz CT molecular complexity index is 334. The van der Waals surface area contributed by atoms with E-state index in [9.17, 15) is 0 Å². The van der Waals surface area contributed by atoms with Crippen molar-refractivity contribution in [3.63, 3.8) is 0 Å². The van der Waals surface area contributed by atoms with Crippen LogP contribution >= 0.6 is 22.6 Å². The first kappa shape index (κ1) is 11.1. The molecule has 1 saturated carbocycles. The minimum Gasteiger partial charge on any atom is -0.381 e. The van der Waals surface area contributed by atoms with Crippen molar-refractivity contribution in [2.45, 2.75) is 31.4 Å². The van der Waals surface area contributed by atoms with Crippen molar-refractivity contribution in [1.29, 1.82) is 0 Å². The third-order valence-electron chi connectivity index (χ3n) is 2.73. The highest BCUT2D eigenvalue weighted by atomic mass is 127. The number of hydrogen-bond donors (Lipinski definition) is 1. The van der Waals surface area contributed by atoms with Gasteiger partial charge < -0.3 is 10.1 Å². The third-order valence-corrected chi connectivity index (χ3v) is 3.52. The van der Waals surface area contributed by atoms with E-state index in [4.69, 9.17) is 4.74 Å². The third kappa shape index (κ3) is 2.78. The van der Waals surface area contributed by atoms with Crippen molar-refractivity contribution in [2.24, 2.45) is 0 Å². The number of nitrogens with one attached hydrogen (secondary N) is 1. The summed E-state index contributed by atoms with van der Waals surface area (Å²) in [4.78, 5) is 8.19. The molecular weight excluding hydrogens is 305 g/mol. The van der Waals surface area contributed by atoms with E-state index in [1.165, 1.54) is 0 Å². The molecule has 2 atom stereocenters. The summed E-state index contributed by atoms with van der Waals surface area (Å²) >= 11 is 2.24. The molecule has 0 aliphatic heterocycles. The van der Waals surface area contributed by atoms with E-state index in [1.54, 1.807) is 13.4 Å². The fraction of sp³-hybridized carbons (Fsp3) is 0.600. The molecule has 15 heavy (non-hydrogen) atoms. The summed E-state index contributed by atoms with van der Waals surface area (Å²) in [6.45, 7) is 0. The number of rotatable bonds is 3. The summed E-state index contributed by atoms with van der Waals surface area (Å²) in [5.74, 6) is 0.937. The van der Waals surface area contributed by atoms with Gasteiger partial charge in [0.1, 0.15) is 12.1 Å². The Morgan fingerprint density at radius 3 is 3.07 bits per heavy atom. The lowest BCUT2D eigenvalue weighted by molar-refractivity contribution is 0.108. The molecule has 1 aliphatic rings. The zero-order valence-electron chi connectivity index (χ0n) is 8.61. The molecule has 82 valence electrons. The van der Waals surface area contributed by atoms with E-state index in [2.05, 4.69) is 37.9 Å². The number of aromatic nitrogens is 2. The Morgan fingerprint density at radius 2 is 2.40 bits per heavy atom. The van der Waals surface area contributed by atoms with Gasteiger partial charge in [-0.2, -0.15) is 0 Å². The molecule has 0 saturated heterocycles. The molecule has 2 rings (SSSR count). The van der Waals surface area contributed by atoms with E-state index < -0.39 is 0 Å². The van der Waals surface area contributed by atoms with Crippen LogP contribution in [0.1, 0.15) is 19.3 Å². The summed E-state index contributed by atoms with van der Waals surface area (Å²) in [5.41, 5.74) is 0. The van der Waals surface area contributed by atoms with Gasteiger partial charge in [-0.3, -0.25) is 0 Å². The molecule has 1 N–H and O–H groups in total. The molecule has 0 radical (unpaired) electrons. The van der Waals surface area contributed by atoms with Crippen molar-refractivity contribution in [2.75, 3.05) is 12.4 Å². The van der Waals surface area contributed by atoms with Gasteiger partial charge in [0.05, 0.1) is 9.67 Å². The predicted octanol–water partition coefficient (Wildman–Crippen LogP) is 2.06. The van der Waals surface area contributed by atoms with E-state index in [0.29, 0.717) is 12.1 Å². The van der Waals surface area contributed by atoms with Gasteiger partial charge in [-0.1, -0.05) is 0 Å². The van der Waals surface area contributed by atoms with Gasteiger partial charge in [0.15, 0.2) is 0 Å². The number of ether oxygens (including phenoxy) is 1. The molecule has 1 aromatic heterocycles. The summed E-state index contributed by atoms with van der Waals surface area (Å²) in [5, 5.41) is 3.43. The molecule has 5 heteroatoms. The normalized spacial score (nSPS) is 25.5. The van der Waals surface area contributed by atoms with Crippen molar-refractivity contribution >= 4 is 28.4 Å². The average Bonchev–Trinajstić information content (AvgIpc) is 2.69. The van der Waals surface area contributed by atoms with Crippen LogP contribution in [0.3, 0.4) is 0 Å². The standard InChI is InChI=1S/C10H14IN3O/c1-15-8-3-2-7(4-8)14-10-9(11)5-12-6-13-10/h5-8H,2-4H2,1H3,(H,12,13,14). The van der Waals surface area contributed by atoms with Crippen molar-refractivity contribution in [3.05, 3.63) is 16.1 Å². The van der Waals surface area contributed by atoms with Crippen LogP contribution in [0.5, 0.6) is 0 Å². The maximum Gasteiger partial charge on any atom is 0.143 e. The van der Waals surface area contributed by atoms with Crippen LogP contribution in [-0.4, -0.2) is 29.2 Å². The van der Waals surface area contributed by atoms with Crippen LogP contribution < -0.4 is 5.32 Å². The first-order chi connectivity index (χ1) is 7.29. The highest BCUT2D eigenvalue weighted by Gasteiger charge is 2.24. The minimum atomic E-state index is 0.405. The van der Waals surface area contributed by atoms with Gasteiger partial charge in [0.25, 0.3) is 0 Å². The van der Waals surface area contributed by atoms with Crippen LogP contribution in [0.4, 0.5) is 5.82 Å². The lowest BCUT2D eigenvalue weighted by Crippen LogP contribution is -2.18. The summed E-state index contributed by atoms with van der Waals surface area (Å²) < 4.78 is 6.40. The van der Waals surface area contributed by atoms with E-state index >= 15 is 0 Å². The Balaban J connectivity index is 1.96. The molecule has 0 amide bonds. The average molecular weight is 319 g/mol. The van der Waals surface area contributed by atoms with Crippen LogP contribution in [0.2, 0.25) is 0 Å². The fourth-order valence-electron chi connectivity index (χ4n) is 1.90. The molecule has 2 unspecified atom stereocenters. The van der Waals surface area contributed by atoms with Crippen LogP contribution in [0, 0.1) is 3.57 Å². The Labute approximate surface area is 103 Å². The minimum absolute atomic E-state index is 0.405. The number of nitrogens with zero attached hydrogens (tertiary/aromatic N) is 2. The lowest BCUT2D eigenvalue weighted by atomic mass is 10.2. The zero-order valence-corrected chi connectivity index (χ0v) is 10.8. The monoisotopic (exact) mass is 319 g/mol. The van der Waals surface area contributed by atoms with E-state index in [0.717, 1.165) is 28.7 Å². The molecule has 1 heterocycles. The van der Waals surface area contributed by atoms with Crippen LogP contribution in [0.25, 0.3) is 0 Å². The quantitative estimate of drug-likeness (QED) is 0.867. The van der Waals surface area contributed by atoms with Gasteiger partial charge in [-0.05, 0) is 41.9 Å². The van der Waals surface area contributed by atoms with Crippen molar-refractivity contribution in [1.82, 2.24) is 9.97 Å². The zero-order chi connectivity index (χ0) is 10.7. The highest BCUT2D eigenvalue weighted by Crippen LogP contribution is 2.25. The van der Waals surface area contributed by atoms with Crippen molar-refractivity contribution < 1.29 is 4.74 Å². The Hall–Kier alpha value is -0.430. The van der Waals surface area contributed by atoms with Crippen molar-refractivity contribution in [3.8, 4) is 0 Å². The fourth-order valence-corrected chi connectivity index (χ4v) is 2.35. The lowest BCUT2D eigenvalue weighted by Gasteiger charge is -2.14. The van der Waals surface area contributed by atoms with Gasteiger partial charge in [-0.15, -0.1) is 0 Å². The van der Waals surface area contributed by atoms with Crippen LogP contribution in [-0.2, 0) is 4.74 Å². The summed E-state index contributed by atoms with van der Waals surface area (Å²) in [6, 6.07) is 0.485. The molecule has 1 aliphatic carbocycles.